The summed E-state index contributed by atoms with van der Waals surface area (Å²) in [5.74, 6) is 1.49. The summed E-state index contributed by atoms with van der Waals surface area (Å²) in [6, 6.07) is 8.36. The molecule has 0 unspecified atom stereocenters. The molecule has 8 nitrogen and oxygen atoms in total. The van der Waals surface area contributed by atoms with E-state index in [2.05, 4.69) is 15.4 Å². The topological polar surface area (TPSA) is 102 Å². The molecule has 144 valence electrons. The van der Waals surface area contributed by atoms with Crippen LogP contribution in [0, 0.1) is 6.92 Å². The Hall–Kier alpha value is -2.17. The lowest BCUT2D eigenvalue weighted by Gasteiger charge is -2.18. The summed E-state index contributed by atoms with van der Waals surface area (Å²) < 4.78 is 37.6. The Labute approximate surface area is 162 Å². The molecule has 0 radical (unpaired) electrons. The Morgan fingerprint density at radius 2 is 1.93 bits per heavy atom. The summed E-state index contributed by atoms with van der Waals surface area (Å²) in [5.41, 5.74) is 1.36. The smallest absolute Gasteiger partial charge is 0.277 e. The molecule has 1 aromatic carbocycles. The maximum Gasteiger partial charge on any atom is 0.277 e. The Kier molecular flexibility index (Phi) is 5.98. The van der Waals surface area contributed by atoms with Crippen LogP contribution >= 0.6 is 11.8 Å². The van der Waals surface area contributed by atoms with Gasteiger partial charge in [-0.15, -0.1) is 10.2 Å². The second-order valence-corrected chi connectivity index (χ2v) is 8.58. The molecule has 0 aliphatic carbocycles. The lowest BCUT2D eigenvalue weighted by atomic mass is 10.2. The Balaban J connectivity index is 1.78. The molecular formula is C17H20N4O4S2. The fourth-order valence-electron chi connectivity index (χ4n) is 2.50. The third kappa shape index (κ3) is 4.40. The quantitative estimate of drug-likeness (QED) is 0.523. The molecule has 0 saturated heterocycles. The second kappa shape index (κ2) is 8.24. The van der Waals surface area contributed by atoms with Crippen LogP contribution in [-0.2, 0) is 15.8 Å². The minimum absolute atomic E-state index is 0.202. The van der Waals surface area contributed by atoms with Crippen LogP contribution in [0.15, 0.2) is 49.4 Å². The first-order valence-electron chi connectivity index (χ1n) is 8.43. The average molecular weight is 409 g/mol. The number of sulfonamides is 1. The van der Waals surface area contributed by atoms with Crippen LogP contribution < -0.4 is 0 Å². The highest BCUT2D eigenvalue weighted by molar-refractivity contribution is 7.98. The van der Waals surface area contributed by atoms with Crippen LogP contribution in [0.1, 0.15) is 25.3 Å². The van der Waals surface area contributed by atoms with Gasteiger partial charge < -0.3 is 8.94 Å². The number of hydrogen-bond acceptors (Lipinski definition) is 8. The molecule has 0 spiro atoms. The van der Waals surface area contributed by atoms with Crippen molar-refractivity contribution in [2.24, 2.45) is 0 Å². The molecule has 0 saturated carbocycles. The van der Waals surface area contributed by atoms with Crippen LogP contribution in [0.4, 0.5) is 0 Å². The van der Waals surface area contributed by atoms with E-state index in [4.69, 9.17) is 8.94 Å². The standard InChI is InChI=1S/C17H20N4O4S2/c1-4-21(5-2)27(22,23)15-8-6-7-13(10-15)16-18-19-17(24-16)26-11-14-9-12(3)20-25-14/h6-10H,4-5,11H2,1-3H3. The van der Waals surface area contributed by atoms with Crippen molar-refractivity contribution >= 4 is 21.8 Å². The SMILES string of the molecule is CCN(CC)S(=O)(=O)c1cccc(-c2nnc(SCc3cc(C)no3)o2)c1. The highest BCUT2D eigenvalue weighted by atomic mass is 32.2. The first kappa shape index (κ1) is 19.6. The van der Waals surface area contributed by atoms with Crippen LogP contribution in [0.2, 0.25) is 0 Å². The highest BCUT2D eigenvalue weighted by Gasteiger charge is 2.22. The number of rotatable bonds is 8. The first-order valence-corrected chi connectivity index (χ1v) is 10.9. The number of benzene rings is 1. The lowest BCUT2D eigenvalue weighted by Crippen LogP contribution is -2.30. The summed E-state index contributed by atoms with van der Waals surface area (Å²) in [5, 5.41) is 12.2. The summed E-state index contributed by atoms with van der Waals surface area (Å²) in [4.78, 5) is 0.202. The average Bonchev–Trinajstić information content (AvgIpc) is 3.30. The van der Waals surface area contributed by atoms with E-state index in [-0.39, 0.29) is 10.8 Å². The third-order valence-corrected chi connectivity index (χ3v) is 6.73. The van der Waals surface area contributed by atoms with Crippen molar-refractivity contribution in [3.05, 3.63) is 41.8 Å². The third-order valence-electron chi connectivity index (χ3n) is 3.85. The summed E-state index contributed by atoms with van der Waals surface area (Å²) >= 11 is 1.32. The van der Waals surface area contributed by atoms with Crippen molar-refractivity contribution in [1.82, 2.24) is 19.7 Å². The molecular weight excluding hydrogens is 388 g/mol. The number of nitrogens with zero attached hydrogens (tertiary/aromatic N) is 4. The monoisotopic (exact) mass is 408 g/mol. The molecule has 3 aromatic rings. The zero-order chi connectivity index (χ0) is 19.4. The van der Waals surface area contributed by atoms with Gasteiger partial charge in [0.05, 0.1) is 16.3 Å². The fourth-order valence-corrected chi connectivity index (χ4v) is 4.65. The van der Waals surface area contributed by atoms with E-state index in [1.807, 2.05) is 26.8 Å². The maximum absolute atomic E-state index is 12.7. The van der Waals surface area contributed by atoms with E-state index in [0.717, 1.165) is 5.69 Å². The molecule has 0 bridgehead atoms. The van der Waals surface area contributed by atoms with E-state index < -0.39 is 10.0 Å². The maximum atomic E-state index is 12.7. The molecule has 3 rings (SSSR count). The van der Waals surface area contributed by atoms with Gasteiger partial charge in [-0.05, 0) is 25.1 Å². The molecule has 0 amide bonds. The first-order chi connectivity index (χ1) is 12.9. The van der Waals surface area contributed by atoms with Crippen LogP contribution in [-0.4, -0.2) is 41.2 Å². The molecule has 27 heavy (non-hydrogen) atoms. The molecule has 0 fully saturated rings. The molecule has 2 aromatic heterocycles. The van der Waals surface area contributed by atoms with Gasteiger partial charge in [0, 0.05) is 24.7 Å². The highest BCUT2D eigenvalue weighted by Crippen LogP contribution is 2.27. The zero-order valence-electron chi connectivity index (χ0n) is 15.2. The molecule has 0 atom stereocenters. The number of aryl methyl sites for hydroxylation is 1. The normalized spacial score (nSPS) is 12.0. The van der Waals surface area contributed by atoms with Gasteiger partial charge in [0.25, 0.3) is 5.22 Å². The Morgan fingerprint density at radius 3 is 2.59 bits per heavy atom. The minimum Gasteiger partial charge on any atom is -0.411 e. The van der Waals surface area contributed by atoms with Crippen molar-refractivity contribution < 1.29 is 17.4 Å². The number of thioether (sulfide) groups is 1. The molecule has 0 N–H and O–H groups in total. The fraction of sp³-hybridized carbons (Fsp3) is 0.353. The van der Waals surface area contributed by atoms with Gasteiger partial charge in [-0.25, -0.2) is 8.42 Å². The second-order valence-electron chi connectivity index (χ2n) is 5.71. The van der Waals surface area contributed by atoms with E-state index in [0.29, 0.717) is 35.4 Å². The predicted molar refractivity (Wildman–Crippen MR) is 101 cm³/mol. The minimum atomic E-state index is -3.55. The van der Waals surface area contributed by atoms with E-state index in [1.165, 1.54) is 16.1 Å². The van der Waals surface area contributed by atoms with Crippen molar-refractivity contribution in [3.8, 4) is 11.5 Å². The van der Waals surface area contributed by atoms with E-state index in [9.17, 15) is 8.42 Å². The largest absolute Gasteiger partial charge is 0.411 e. The number of aromatic nitrogens is 3. The van der Waals surface area contributed by atoms with Gasteiger partial charge in [-0.1, -0.05) is 36.8 Å². The van der Waals surface area contributed by atoms with Gasteiger partial charge in [-0.2, -0.15) is 4.31 Å². The predicted octanol–water partition coefficient (Wildman–Crippen LogP) is 3.36. The Morgan fingerprint density at radius 1 is 1.15 bits per heavy atom. The lowest BCUT2D eigenvalue weighted by molar-refractivity contribution is 0.390. The van der Waals surface area contributed by atoms with Crippen LogP contribution in [0.3, 0.4) is 0 Å². The van der Waals surface area contributed by atoms with Gasteiger partial charge in [-0.3, -0.25) is 0 Å². The molecule has 10 heteroatoms. The van der Waals surface area contributed by atoms with Gasteiger partial charge >= 0.3 is 0 Å². The van der Waals surface area contributed by atoms with Crippen molar-refractivity contribution in [1.29, 1.82) is 0 Å². The van der Waals surface area contributed by atoms with Gasteiger partial charge in [0.15, 0.2) is 0 Å². The molecule has 0 aliphatic heterocycles. The summed E-state index contributed by atoms with van der Waals surface area (Å²) in [6.07, 6.45) is 0. The van der Waals surface area contributed by atoms with Crippen LogP contribution in [0.25, 0.3) is 11.5 Å². The van der Waals surface area contributed by atoms with Gasteiger partial charge in [0.2, 0.25) is 15.9 Å². The molecule has 0 aliphatic rings. The van der Waals surface area contributed by atoms with Crippen molar-refractivity contribution in [3.63, 3.8) is 0 Å². The molecule has 2 heterocycles. The van der Waals surface area contributed by atoms with Crippen LogP contribution in [0.5, 0.6) is 0 Å². The van der Waals surface area contributed by atoms with Crippen molar-refractivity contribution in [2.75, 3.05) is 13.1 Å². The summed E-state index contributed by atoms with van der Waals surface area (Å²) in [6.45, 7) is 6.28. The van der Waals surface area contributed by atoms with E-state index in [1.54, 1.807) is 24.3 Å². The van der Waals surface area contributed by atoms with Gasteiger partial charge in [0.1, 0.15) is 5.76 Å². The van der Waals surface area contributed by atoms with E-state index >= 15 is 0 Å². The summed E-state index contributed by atoms with van der Waals surface area (Å²) in [7, 11) is -3.55. The van der Waals surface area contributed by atoms with Crippen molar-refractivity contribution in [2.45, 2.75) is 36.6 Å². The zero-order valence-corrected chi connectivity index (χ0v) is 16.9. The Bertz CT molecular complexity index is 1010. The number of hydrogen-bond donors (Lipinski definition) is 0.